The van der Waals surface area contributed by atoms with Crippen LogP contribution in [-0.2, 0) is 4.79 Å². The summed E-state index contributed by atoms with van der Waals surface area (Å²) in [7, 11) is 0. The molecule has 1 fully saturated rings. The number of hydrogen-bond acceptors (Lipinski definition) is 4. The third-order valence-corrected chi connectivity index (χ3v) is 5.76. The fourth-order valence-corrected chi connectivity index (χ4v) is 4.09. The first-order valence-corrected chi connectivity index (χ1v) is 10.8. The molecular weight excluding hydrogens is 374 g/mol. The Balaban J connectivity index is 1.50. The highest BCUT2D eigenvalue weighted by atomic mass is 16.5. The number of nitrogens with one attached hydrogen (secondary N) is 1. The number of carbonyl (C=O) groups excluding carboxylic acids is 1. The van der Waals surface area contributed by atoms with Crippen molar-refractivity contribution >= 4 is 28.3 Å². The lowest BCUT2D eigenvalue weighted by Crippen LogP contribution is -2.39. The quantitative estimate of drug-likeness (QED) is 0.604. The predicted molar refractivity (Wildman–Crippen MR) is 122 cm³/mol. The van der Waals surface area contributed by atoms with Gasteiger partial charge in [-0.2, -0.15) is 0 Å². The van der Waals surface area contributed by atoms with Gasteiger partial charge >= 0.3 is 0 Å². The van der Waals surface area contributed by atoms with Gasteiger partial charge < -0.3 is 15.0 Å². The average Bonchev–Trinajstić information content (AvgIpc) is 2.79. The number of para-hydroxylation sites is 1. The van der Waals surface area contributed by atoms with Crippen molar-refractivity contribution in [3.05, 3.63) is 60.2 Å². The highest BCUT2D eigenvalue weighted by molar-refractivity contribution is 5.92. The van der Waals surface area contributed by atoms with Crippen LogP contribution in [0.25, 0.3) is 10.9 Å². The number of aryl methyl sites for hydroxylation is 1. The van der Waals surface area contributed by atoms with Gasteiger partial charge in [0.05, 0.1) is 0 Å². The zero-order chi connectivity index (χ0) is 20.9. The minimum atomic E-state index is -0.186. The first-order valence-electron chi connectivity index (χ1n) is 10.8. The van der Waals surface area contributed by atoms with E-state index in [4.69, 9.17) is 9.72 Å². The molecule has 2 heterocycles. The summed E-state index contributed by atoms with van der Waals surface area (Å²) in [6.07, 6.45) is 4.82. The molecular formula is C25H29N3O2. The molecule has 0 radical (unpaired) electrons. The minimum Gasteiger partial charge on any atom is -0.481 e. The fraction of sp³-hybridized carbons (Fsp3) is 0.360. The maximum Gasteiger partial charge on any atom is 0.262 e. The summed E-state index contributed by atoms with van der Waals surface area (Å²) in [5.41, 5.74) is 2.72. The average molecular weight is 404 g/mol. The van der Waals surface area contributed by atoms with Crippen LogP contribution in [0.15, 0.2) is 54.6 Å². The number of ether oxygens (including phenoxy) is 1. The Labute approximate surface area is 178 Å². The third-order valence-electron chi connectivity index (χ3n) is 5.76. The molecule has 156 valence electrons. The van der Waals surface area contributed by atoms with Crippen LogP contribution in [0.5, 0.6) is 5.75 Å². The van der Waals surface area contributed by atoms with E-state index in [0.717, 1.165) is 40.9 Å². The lowest BCUT2D eigenvalue weighted by Gasteiger charge is -2.36. The summed E-state index contributed by atoms with van der Waals surface area (Å²) in [5, 5.41) is 3.89. The van der Waals surface area contributed by atoms with Crippen molar-refractivity contribution in [2.75, 3.05) is 23.4 Å². The Morgan fingerprint density at radius 1 is 1.13 bits per heavy atom. The summed E-state index contributed by atoms with van der Waals surface area (Å²) < 4.78 is 5.88. The van der Waals surface area contributed by atoms with Crippen LogP contribution in [0, 0.1) is 6.92 Å². The number of rotatable bonds is 6. The van der Waals surface area contributed by atoms with E-state index in [9.17, 15) is 4.79 Å². The Kier molecular flexibility index (Phi) is 6.17. The molecule has 2 aromatic carbocycles. The molecule has 4 rings (SSSR count). The van der Waals surface area contributed by atoms with Crippen LogP contribution in [0.2, 0.25) is 0 Å². The standard InChI is InChI=1S/C25H29N3O2/c1-3-21-8-4-5-16-28(21)23-15-12-19-7-6-9-22(25(19)27-23)30-17-24(29)26-20-13-10-18(2)11-14-20/h6-7,9-15,21H,3-5,8,16-17H2,1-2H3,(H,26,29). The molecule has 0 aliphatic carbocycles. The zero-order valence-corrected chi connectivity index (χ0v) is 17.7. The van der Waals surface area contributed by atoms with Crippen LogP contribution in [-0.4, -0.2) is 30.1 Å². The van der Waals surface area contributed by atoms with Crippen LogP contribution >= 0.6 is 0 Å². The van der Waals surface area contributed by atoms with Gasteiger partial charge in [-0.3, -0.25) is 4.79 Å². The van der Waals surface area contributed by atoms with Crippen molar-refractivity contribution in [3.63, 3.8) is 0 Å². The largest absolute Gasteiger partial charge is 0.481 e. The third kappa shape index (κ3) is 4.56. The molecule has 1 saturated heterocycles. The number of amides is 1. The van der Waals surface area contributed by atoms with E-state index in [1.807, 2.05) is 49.4 Å². The van der Waals surface area contributed by atoms with Gasteiger partial charge in [0.2, 0.25) is 0 Å². The molecule has 1 aliphatic heterocycles. The molecule has 0 spiro atoms. The van der Waals surface area contributed by atoms with Gasteiger partial charge in [-0.25, -0.2) is 4.98 Å². The van der Waals surface area contributed by atoms with Gasteiger partial charge in [0.25, 0.3) is 5.91 Å². The molecule has 1 amide bonds. The first kappa shape index (κ1) is 20.2. The van der Waals surface area contributed by atoms with Crippen molar-refractivity contribution in [1.82, 2.24) is 4.98 Å². The van der Waals surface area contributed by atoms with Gasteiger partial charge in [0, 0.05) is 23.7 Å². The molecule has 1 aromatic heterocycles. The van der Waals surface area contributed by atoms with Gasteiger partial charge in [-0.05, 0) is 62.9 Å². The maximum absolute atomic E-state index is 12.3. The van der Waals surface area contributed by atoms with E-state index in [1.165, 1.54) is 19.3 Å². The summed E-state index contributed by atoms with van der Waals surface area (Å²) in [5.74, 6) is 1.45. The monoisotopic (exact) mass is 403 g/mol. The lowest BCUT2D eigenvalue weighted by atomic mass is 10.00. The molecule has 5 heteroatoms. The molecule has 3 aromatic rings. The zero-order valence-electron chi connectivity index (χ0n) is 17.7. The van der Waals surface area contributed by atoms with Gasteiger partial charge in [-0.1, -0.05) is 36.8 Å². The Hall–Kier alpha value is -3.08. The first-order chi connectivity index (χ1) is 14.6. The number of hydrogen-bond donors (Lipinski definition) is 1. The van der Waals surface area contributed by atoms with E-state index in [1.54, 1.807) is 0 Å². The summed E-state index contributed by atoms with van der Waals surface area (Å²) in [6, 6.07) is 18.3. The lowest BCUT2D eigenvalue weighted by molar-refractivity contribution is -0.118. The number of aromatic nitrogens is 1. The van der Waals surface area contributed by atoms with Gasteiger partial charge in [0.15, 0.2) is 6.61 Å². The smallest absolute Gasteiger partial charge is 0.262 e. The number of anilines is 2. The summed E-state index contributed by atoms with van der Waals surface area (Å²) in [6.45, 7) is 5.24. The Morgan fingerprint density at radius 3 is 2.77 bits per heavy atom. The molecule has 1 aliphatic rings. The number of piperidine rings is 1. The highest BCUT2D eigenvalue weighted by Crippen LogP contribution is 2.30. The van der Waals surface area contributed by atoms with E-state index < -0.39 is 0 Å². The second kappa shape index (κ2) is 9.16. The number of fused-ring (bicyclic) bond motifs is 1. The Bertz CT molecular complexity index is 1020. The van der Waals surface area contributed by atoms with Gasteiger partial charge in [0.1, 0.15) is 17.1 Å². The number of benzene rings is 2. The summed E-state index contributed by atoms with van der Waals surface area (Å²) >= 11 is 0. The molecule has 0 saturated carbocycles. The SMILES string of the molecule is CCC1CCCCN1c1ccc2cccc(OCC(=O)Nc3ccc(C)cc3)c2n1. The maximum atomic E-state index is 12.3. The minimum absolute atomic E-state index is 0.0554. The highest BCUT2D eigenvalue weighted by Gasteiger charge is 2.22. The van der Waals surface area contributed by atoms with Crippen molar-refractivity contribution in [2.45, 2.75) is 45.6 Å². The topological polar surface area (TPSA) is 54.5 Å². The van der Waals surface area contributed by atoms with Crippen LogP contribution in [0.4, 0.5) is 11.5 Å². The molecule has 0 bridgehead atoms. The molecule has 1 atom stereocenters. The second-order valence-corrected chi connectivity index (χ2v) is 7.95. The predicted octanol–water partition coefficient (Wildman–Crippen LogP) is 5.33. The van der Waals surface area contributed by atoms with E-state index in [-0.39, 0.29) is 12.5 Å². The van der Waals surface area contributed by atoms with E-state index in [2.05, 4.69) is 29.3 Å². The number of pyridine rings is 1. The summed E-state index contributed by atoms with van der Waals surface area (Å²) in [4.78, 5) is 19.7. The number of nitrogens with zero attached hydrogens (tertiary/aromatic N) is 2. The molecule has 1 unspecified atom stereocenters. The molecule has 1 N–H and O–H groups in total. The van der Waals surface area contributed by atoms with Crippen molar-refractivity contribution in [1.29, 1.82) is 0 Å². The second-order valence-electron chi connectivity index (χ2n) is 7.95. The normalized spacial score (nSPS) is 16.5. The van der Waals surface area contributed by atoms with Crippen LogP contribution < -0.4 is 15.0 Å². The molecule has 30 heavy (non-hydrogen) atoms. The van der Waals surface area contributed by atoms with Crippen LogP contribution in [0.1, 0.15) is 38.2 Å². The van der Waals surface area contributed by atoms with Crippen molar-refractivity contribution < 1.29 is 9.53 Å². The van der Waals surface area contributed by atoms with Crippen molar-refractivity contribution in [3.8, 4) is 5.75 Å². The van der Waals surface area contributed by atoms with Crippen LogP contribution in [0.3, 0.4) is 0 Å². The van der Waals surface area contributed by atoms with Gasteiger partial charge in [-0.15, -0.1) is 0 Å². The van der Waals surface area contributed by atoms with E-state index in [0.29, 0.717) is 11.8 Å². The molecule has 5 nitrogen and oxygen atoms in total. The van der Waals surface area contributed by atoms with E-state index >= 15 is 0 Å². The Morgan fingerprint density at radius 2 is 1.97 bits per heavy atom. The fourth-order valence-electron chi connectivity index (χ4n) is 4.09. The van der Waals surface area contributed by atoms with Crippen molar-refractivity contribution in [2.24, 2.45) is 0 Å². The number of carbonyl (C=O) groups is 1.